The van der Waals surface area contributed by atoms with Crippen LogP contribution in [0.15, 0.2) is 23.2 Å². The Kier molecular flexibility index (Phi) is 8.14. The Balaban J connectivity index is 1.45. The quantitative estimate of drug-likeness (QED) is 0.356. The molecule has 0 aromatic heterocycles. The summed E-state index contributed by atoms with van der Waals surface area (Å²) < 4.78 is 22.1. The van der Waals surface area contributed by atoms with Crippen LogP contribution in [-0.2, 0) is 14.9 Å². The maximum atomic E-state index is 5.78. The van der Waals surface area contributed by atoms with Gasteiger partial charge in [-0.2, -0.15) is 0 Å². The first kappa shape index (κ1) is 23.2. The van der Waals surface area contributed by atoms with Crippen molar-refractivity contribution in [1.29, 1.82) is 0 Å². The predicted octanol–water partition coefficient (Wildman–Crippen LogP) is 3.57. The first-order valence-corrected chi connectivity index (χ1v) is 12.2. The monoisotopic (exact) mass is 445 g/mol. The normalized spacial score (nSPS) is 22.4. The number of aliphatic imine (C=N–C) groups is 1. The molecule has 32 heavy (non-hydrogen) atoms. The Morgan fingerprint density at radius 3 is 2.84 bits per heavy atom. The number of hydrogen-bond acceptors (Lipinski definition) is 5. The number of hydrogen-bond donors (Lipinski definition) is 1. The Hall–Kier alpha value is -1.99. The third kappa shape index (κ3) is 5.49. The molecule has 0 radical (unpaired) electrons. The largest absolute Gasteiger partial charge is 0.454 e. The lowest BCUT2D eigenvalue weighted by molar-refractivity contribution is 0.0536. The fraction of sp³-hybridized carbons (Fsp3) is 0.720. The highest BCUT2D eigenvalue weighted by Gasteiger charge is 2.35. The molecule has 1 aromatic carbocycles. The van der Waals surface area contributed by atoms with Crippen LogP contribution in [0.1, 0.15) is 51.0 Å². The van der Waals surface area contributed by atoms with E-state index in [1.54, 1.807) is 7.11 Å². The zero-order valence-electron chi connectivity index (χ0n) is 19.7. The number of nitrogens with zero attached hydrogens (tertiary/aromatic N) is 2. The van der Waals surface area contributed by atoms with Gasteiger partial charge in [-0.15, -0.1) is 0 Å². The van der Waals surface area contributed by atoms with Crippen LogP contribution < -0.4 is 14.8 Å². The van der Waals surface area contributed by atoms with Crippen molar-refractivity contribution in [2.24, 2.45) is 10.9 Å². The second-order valence-electron chi connectivity index (χ2n) is 9.25. The maximum Gasteiger partial charge on any atom is 0.231 e. The van der Waals surface area contributed by atoms with E-state index >= 15 is 0 Å². The number of likely N-dealkylation sites (tertiary alicyclic amines) is 1. The summed E-state index contributed by atoms with van der Waals surface area (Å²) in [4.78, 5) is 7.61. The highest BCUT2D eigenvalue weighted by molar-refractivity contribution is 5.80. The van der Waals surface area contributed by atoms with Gasteiger partial charge in [0.25, 0.3) is 0 Å². The Bertz CT molecular complexity index is 764. The fourth-order valence-electron chi connectivity index (χ4n) is 5.20. The van der Waals surface area contributed by atoms with E-state index in [0.29, 0.717) is 25.9 Å². The van der Waals surface area contributed by atoms with Crippen LogP contribution in [-0.4, -0.2) is 70.8 Å². The van der Waals surface area contributed by atoms with E-state index < -0.39 is 0 Å². The van der Waals surface area contributed by atoms with E-state index in [4.69, 9.17) is 23.9 Å². The smallest absolute Gasteiger partial charge is 0.231 e. The second kappa shape index (κ2) is 11.2. The molecule has 1 unspecified atom stereocenters. The molecule has 1 aromatic rings. The molecule has 2 fully saturated rings. The van der Waals surface area contributed by atoms with Crippen LogP contribution in [0.5, 0.6) is 11.5 Å². The van der Waals surface area contributed by atoms with E-state index in [2.05, 4.69) is 35.3 Å². The number of nitrogens with one attached hydrogen (secondary N) is 1. The summed E-state index contributed by atoms with van der Waals surface area (Å²) in [7, 11) is 1.71. The molecule has 178 valence electrons. The average molecular weight is 446 g/mol. The number of guanidine groups is 1. The number of benzene rings is 1. The Morgan fingerprint density at radius 1 is 1.19 bits per heavy atom. The molecule has 3 aliphatic rings. The van der Waals surface area contributed by atoms with Crippen LogP contribution in [0.2, 0.25) is 0 Å². The van der Waals surface area contributed by atoms with E-state index in [-0.39, 0.29) is 5.41 Å². The first-order chi connectivity index (χ1) is 15.7. The van der Waals surface area contributed by atoms with Crippen molar-refractivity contribution in [2.75, 3.05) is 59.9 Å². The number of ether oxygens (including phenoxy) is 4. The summed E-state index contributed by atoms with van der Waals surface area (Å²) in [6.07, 6.45) is 7.31. The lowest BCUT2D eigenvalue weighted by atomic mass is 9.69. The molecule has 1 saturated heterocycles. The van der Waals surface area contributed by atoms with Crippen molar-refractivity contribution >= 4 is 5.96 Å². The Labute approximate surface area is 192 Å². The van der Waals surface area contributed by atoms with E-state index in [0.717, 1.165) is 56.7 Å². The molecule has 2 heterocycles. The molecule has 7 heteroatoms. The molecule has 0 bridgehead atoms. The van der Waals surface area contributed by atoms with Gasteiger partial charge in [0.1, 0.15) is 0 Å². The summed E-state index contributed by atoms with van der Waals surface area (Å²) in [5.74, 6) is 3.32. The third-order valence-electron chi connectivity index (χ3n) is 7.03. The summed E-state index contributed by atoms with van der Waals surface area (Å²) in [5.41, 5.74) is 1.41. The minimum atomic E-state index is 0.0717. The van der Waals surface area contributed by atoms with Crippen molar-refractivity contribution < 1.29 is 18.9 Å². The van der Waals surface area contributed by atoms with Gasteiger partial charge in [-0.1, -0.05) is 25.3 Å². The average Bonchev–Trinajstić information content (AvgIpc) is 3.49. The minimum Gasteiger partial charge on any atom is -0.454 e. The number of methoxy groups -OCH3 is 1. The maximum absolute atomic E-state index is 5.78. The summed E-state index contributed by atoms with van der Waals surface area (Å²) in [6.45, 7) is 8.28. The van der Waals surface area contributed by atoms with Gasteiger partial charge in [-0.05, 0) is 43.9 Å². The third-order valence-corrected chi connectivity index (χ3v) is 7.03. The lowest BCUT2D eigenvalue weighted by Gasteiger charge is -2.37. The zero-order valence-corrected chi connectivity index (χ0v) is 19.7. The van der Waals surface area contributed by atoms with Crippen molar-refractivity contribution in [3.8, 4) is 11.5 Å². The van der Waals surface area contributed by atoms with Crippen LogP contribution in [0, 0.1) is 5.92 Å². The summed E-state index contributed by atoms with van der Waals surface area (Å²) in [6, 6.07) is 6.49. The first-order valence-electron chi connectivity index (χ1n) is 12.2. The minimum absolute atomic E-state index is 0.0717. The highest BCUT2D eigenvalue weighted by Crippen LogP contribution is 2.43. The molecular formula is C25H39N3O4. The van der Waals surface area contributed by atoms with Gasteiger partial charge in [0.15, 0.2) is 17.5 Å². The molecule has 2 aliphatic heterocycles. The number of rotatable bonds is 9. The molecular weight excluding hydrogens is 406 g/mol. The Morgan fingerprint density at radius 2 is 2.03 bits per heavy atom. The van der Waals surface area contributed by atoms with Gasteiger partial charge in [0.05, 0.1) is 26.4 Å². The molecule has 0 spiro atoms. The predicted molar refractivity (Wildman–Crippen MR) is 126 cm³/mol. The van der Waals surface area contributed by atoms with Gasteiger partial charge in [0, 0.05) is 38.1 Å². The van der Waals surface area contributed by atoms with Gasteiger partial charge in [-0.3, -0.25) is 4.99 Å². The molecule has 1 saturated carbocycles. The molecule has 1 atom stereocenters. The molecule has 4 rings (SSSR count). The van der Waals surface area contributed by atoms with Crippen molar-refractivity contribution in [1.82, 2.24) is 10.2 Å². The topological polar surface area (TPSA) is 64.6 Å². The SMILES string of the molecule is CCNC(=NCC1(c2ccc3c(c2)OCO3)CCCCC1)N1CCC(COCCOC)C1. The molecule has 1 N–H and O–H groups in total. The van der Waals surface area contributed by atoms with Crippen molar-refractivity contribution in [3.05, 3.63) is 23.8 Å². The fourth-order valence-corrected chi connectivity index (χ4v) is 5.20. The van der Waals surface area contributed by atoms with Crippen LogP contribution in [0.3, 0.4) is 0 Å². The zero-order chi connectivity index (χ0) is 22.2. The van der Waals surface area contributed by atoms with E-state index in [1.165, 1.54) is 37.7 Å². The van der Waals surface area contributed by atoms with Gasteiger partial charge >= 0.3 is 0 Å². The van der Waals surface area contributed by atoms with Crippen LogP contribution >= 0.6 is 0 Å². The highest BCUT2D eigenvalue weighted by atomic mass is 16.7. The van der Waals surface area contributed by atoms with Crippen LogP contribution in [0.25, 0.3) is 0 Å². The summed E-state index contributed by atoms with van der Waals surface area (Å²) >= 11 is 0. The van der Waals surface area contributed by atoms with E-state index in [1.807, 2.05) is 0 Å². The standard InChI is InChI=1S/C25H39N3O4/c1-3-26-24(28-12-9-20(16-28)17-30-14-13-29-2)27-18-25(10-5-4-6-11-25)21-7-8-22-23(15-21)32-19-31-22/h7-8,15,20H,3-6,9-14,16-19H2,1-2H3,(H,26,27). The van der Waals surface area contributed by atoms with Gasteiger partial charge in [0.2, 0.25) is 6.79 Å². The van der Waals surface area contributed by atoms with Crippen LogP contribution in [0.4, 0.5) is 0 Å². The lowest BCUT2D eigenvalue weighted by Crippen LogP contribution is -2.42. The van der Waals surface area contributed by atoms with Gasteiger partial charge in [-0.25, -0.2) is 0 Å². The second-order valence-corrected chi connectivity index (χ2v) is 9.25. The summed E-state index contributed by atoms with van der Waals surface area (Å²) in [5, 5.41) is 3.54. The molecule has 7 nitrogen and oxygen atoms in total. The van der Waals surface area contributed by atoms with Gasteiger partial charge < -0.3 is 29.2 Å². The molecule has 0 amide bonds. The van der Waals surface area contributed by atoms with Crippen molar-refractivity contribution in [3.63, 3.8) is 0 Å². The van der Waals surface area contributed by atoms with Crippen molar-refractivity contribution in [2.45, 2.75) is 50.9 Å². The number of fused-ring (bicyclic) bond motifs is 1. The van der Waals surface area contributed by atoms with E-state index in [9.17, 15) is 0 Å². The molecule has 1 aliphatic carbocycles.